The van der Waals surface area contributed by atoms with E-state index in [4.69, 9.17) is 0 Å². The van der Waals surface area contributed by atoms with Gasteiger partial charge in [-0.1, -0.05) is 11.3 Å². The fourth-order valence-electron chi connectivity index (χ4n) is 1.87. The SMILES string of the molecule is CN(C(=O)c1csc([N+](=O)[O-])c1)C1CCNC1.Cl. The van der Waals surface area contributed by atoms with Crippen LogP contribution >= 0.6 is 23.7 Å². The smallest absolute Gasteiger partial charge is 0.324 e. The second-order valence-corrected chi connectivity index (χ2v) is 4.88. The molecule has 1 aromatic heterocycles. The number of hydrogen-bond acceptors (Lipinski definition) is 5. The van der Waals surface area contributed by atoms with Gasteiger partial charge in [0, 0.05) is 31.1 Å². The van der Waals surface area contributed by atoms with E-state index in [0.717, 1.165) is 30.8 Å². The summed E-state index contributed by atoms with van der Waals surface area (Å²) < 4.78 is 0. The van der Waals surface area contributed by atoms with Gasteiger partial charge in [-0.2, -0.15) is 0 Å². The highest BCUT2D eigenvalue weighted by Gasteiger charge is 2.25. The summed E-state index contributed by atoms with van der Waals surface area (Å²) in [6, 6.07) is 1.52. The van der Waals surface area contributed by atoms with E-state index in [9.17, 15) is 14.9 Å². The van der Waals surface area contributed by atoms with E-state index < -0.39 is 4.92 Å². The minimum absolute atomic E-state index is 0. The lowest BCUT2D eigenvalue weighted by atomic mass is 10.2. The number of carbonyl (C=O) groups is 1. The molecule has 0 aliphatic carbocycles. The lowest BCUT2D eigenvalue weighted by Crippen LogP contribution is -2.38. The normalized spacial score (nSPS) is 18.2. The Morgan fingerprint density at radius 1 is 1.67 bits per heavy atom. The van der Waals surface area contributed by atoms with Crippen LogP contribution < -0.4 is 5.32 Å². The summed E-state index contributed by atoms with van der Waals surface area (Å²) in [7, 11) is 1.74. The standard InChI is InChI=1S/C10H13N3O3S.ClH/c1-12(8-2-3-11-5-8)10(14)7-4-9(13(15)16)17-6-7;/h4,6,8,11H,2-3,5H2,1H3;1H. The van der Waals surface area contributed by atoms with Crippen LogP contribution in [0.3, 0.4) is 0 Å². The third kappa shape index (κ3) is 2.98. The summed E-state index contributed by atoms with van der Waals surface area (Å²) in [4.78, 5) is 23.8. The second-order valence-electron chi connectivity index (χ2n) is 3.99. The summed E-state index contributed by atoms with van der Waals surface area (Å²) in [5.74, 6) is -0.150. The summed E-state index contributed by atoms with van der Waals surface area (Å²) >= 11 is 0.984. The molecule has 1 atom stereocenters. The Morgan fingerprint density at radius 3 is 2.89 bits per heavy atom. The maximum atomic E-state index is 12.0. The Hall–Kier alpha value is -1.18. The number of amides is 1. The molecule has 1 aromatic rings. The number of carbonyl (C=O) groups excluding carboxylic acids is 1. The second kappa shape index (κ2) is 6.12. The molecular formula is C10H14ClN3O3S. The van der Waals surface area contributed by atoms with Crippen molar-refractivity contribution in [3.8, 4) is 0 Å². The van der Waals surface area contributed by atoms with E-state index >= 15 is 0 Å². The number of hydrogen-bond donors (Lipinski definition) is 1. The molecule has 0 saturated carbocycles. The number of rotatable bonds is 3. The average molecular weight is 292 g/mol. The van der Waals surface area contributed by atoms with Crippen molar-refractivity contribution in [2.45, 2.75) is 12.5 Å². The quantitative estimate of drug-likeness (QED) is 0.676. The lowest BCUT2D eigenvalue weighted by Gasteiger charge is -2.23. The molecule has 1 fully saturated rings. The van der Waals surface area contributed by atoms with Crippen molar-refractivity contribution < 1.29 is 9.72 Å². The molecule has 2 heterocycles. The number of nitro groups is 1. The van der Waals surface area contributed by atoms with Gasteiger partial charge < -0.3 is 10.2 Å². The van der Waals surface area contributed by atoms with Crippen molar-refractivity contribution in [3.05, 3.63) is 27.1 Å². The molecule has 2 rings (SSSR count). The van der Waals surface area contributed by atoms with Crippen LogP contribution in [0.25, 0.3) is 0 Å². The zero-order valence-corrected chi connectivity index (χ0v) is 11.4. The maximum Gasteiger partial charge on any atom is 0.324 e. The van der Waals surface area contributed by atoms with Gasteiger partial charge in [0.25, 0.3) is 5.91 Å². The zero-order chi connectivity index (χ0) is 12.4. The number of thiophene rings is 1. The molecule has 1 aliphatic rings. The van der Waals surface area contributed by atoms with Crippen LogP contribution in [0.4, 0.5) is 5.00 Å². The van der Waals surface area contributed by atoms with Gasteiger partial charge in [0.1, 0.15) is 0 Å². The summed E-state index contributed by atoms with van der Waals surface area (Å²) in [5.41, 5.74) is 0.399. The van der Waals surface area contributed by atoms with Crippen LogP contribution in [0.15, 0.2) is 11.4 Å². The first-order valence-corrected chi connectivity index (χ1v) is 6.18. The van der Waals surface area contributed by atoms with E-state index in [0.29, 0.717) is 5.56 Å². The Bertz CT molecular complexity index is 445. The molecule has 8 heteroatoms. The van der Waals surface area contributed by atoms with Gasteiger partial charge in [-0.15, -0.1) is 12.4 Å². The van der Waals surface area contributed by atoms with Crippen LogP contribution in [0.2, 0.25) is 0 Å². The van der Waals surface area contributed by atoms with Gasteiger partial charge >= 0.3 is 5.00 Å². The first-order chi connectivity index (χ1) is 8.09. The topological polar surface area (TPSA) is 75.5 Å². The number of nitrogens with zero attached hydrogens (tertiary/aromatic N) is 2. The van der Waals surface area contributed by atoms with Gasteiger partial charge in [0.05, 0.1) is 10.5 Å². The fraction of sp³-hybridized carbons (Fsp3) is 0.500. The fourth-order valence-corrected chi connectivity index (χ4v) is 2.57. The Morgan fingerprint density at radius 2 is 2.39 bits per heavy atom. The molecule has 6 nitrogen and oxygen atoms in total. The molecule has 0 bridgehead atoms. The first-order valence-electron chi connectivity index (χ1n) is 5.30. The van der Waals surface area contributed by atoms with E-state index in [2.05, 4.69) is 5.32 Å². The molecule has 18 heavy (non-hydrogen) atoms. The zero-order valence-electron chi connectivity index (χ0n) is 9.79. The number of nitrogens with one attached hydrogen (secondary N) is 1. The van der Waals surface area contributed by atoms with E-state index in [1.54, 1.807) is 17.3 Å². The molecular weight excluding hydrogens is 278 g/mol. The highest BCUT2D eigenvalue weighted by atomic mass is 35.5. The molecule has 0 radical (unpaired) electrons. The first kappa shape index (κ1) is 14.9. The molecule has 0 spiro atoms. The number of likely N-dealkylation sites (N-methyl/N-ethyl adjacent to an activating group) is 1. The van der Waals surface area contributed by atoms with Crippen molar-refractivity contribution in [2.24, 2.45) is 0 Å². The average Bonchev–Trinajstić information content (AvgIpc) is 2.97. The van der Waals surface area contributed by atoms with Gasteiger partial charge in [-0.05, 0) is 13.0 Å². The number of halogens is 1. The van der Waals surface area contributed by atoms with Gasteiger partial charge in [0.15, 0.2) is 0 Å². The maximum absolute atomic E-state index is 12.0. The Balaban J connectivity index is 0.00000162. The highest BCUT2D eigenvalue weighted by Crippen LogP contribution is 2.24. The Labute approximate surface area is 115 Å². The van der Waals surface area contributed by atoms with Crippen LogP contribution in [0, 0.1) is 10.1 Å². The van der Waals surface area contributed by atoms with Crippen LogP contribution in [0.5, 0.6) is 0 Å². The molecule has 1 saturated heterocycles. The van der Waals surface area contributed by atoms with Crippen LogP contribution in [0.1, 0.15) is 16.8 Å². The molecule has 1 aliphatic heterocycles. The molecule has 1 amide bonds. The van der Waals surface area contributed by atoms with Crippen LogP contribution in [-0.2, 0) is 0 Å². The van der Waals surface area contributed by atoms with E-state index in [1.165, 1.54) is 6.07 Å². The molecule has 0 aromatic carbocycles. The van der Waals surface area contributed by atoms with Crippen LogP contribution in [-0.4, -0.2) is 41.9 Å². The summed E-state index contributed by atoms with van der Waals surface area (Å²) in [6.07, 6.45) is 0.925. The summed E-state index contributed by atoms with van der Waals surface area (Å²) in [5, 5.41) is 15.3. The molecule has 1 N–H and O–H groups in total. The monoisotopic (exact) mass is 291 g/mol. The van der Waals surface area contributed by atoms with Crippen molar-refractivity contribution in [1.29, 1.82) is 0 Å². The largest absolute Gasteiger partial charge is 0.337 e. The van der Waals surface area contributed by atoms with Gasteiger partial charge in [-0.25, -0.2) is 0 Å². The van der Waals surface area contributed by atoms with E-state index in [1.807, 2.05) is 0 Å². The molecule has 100 valence electrons. The van der Waals surface area contributed by atoms with Crippen molar-refractivity contribution in [1.82, 2.24) is 10.2 Å². The van der Waals surface area contributed by atoms with Gasteiger partial charge in [0.2, 0.25) is 0 Å². The highest BCUT2D eigenvalue weighted by molar-refractivity contribution is 7.13. The van der Waals surface area contributed by atoms with Crippen molar-refractivity contribution in [2.75, 3.05) is 20.1 Å². The van der Waals surface area contributed by atoms with Crippen molar-refractivity contribution >= 4 is 34.7 Å². The lowest BCUT2D eigenvalue weighted by molar-refractivity contribution is -0.380. The van der Waals surface area contributed by atoms with Crippen molar-refractivity contribution in [3.63, 3.8) is 0 Å². The Kier molecular flexibility index (Phi) is 5.06. The van der Waals surface area contributed by atoms with Gasteiger partial charge in [-0.3, -0.25) is 14.9 Å². The third-order valence-corrected chi connectivity index (χ3v) is 3.80. The summed E-state index contributed by atoms with van der Waals surface area (Å²) in [6.45, 7) is 1.69. The predicted molar refractivity (Wildman–Crippen MR) is 71.6 cm³/mol. The predicted octanol–water partition coefficient (Wildman–Crippen LogP) is 1.51. The molecule has 1 unspecified atom stereocenters. The van der Waals surface area contributed by atoms with E-state index in [-0.39, 0.29) is 29.4 Å². The minimum Gasteiger partial charge on any atom is -0.337 e. The third-order valence-electron chi connectivity index (χ3n) is 2.91. The minimum atomic E-state index is -0.474.